The molecule has 0 aromatic carbocycles. The molecule has 19 heavy (non-hydrogen) atoms. The summed E-state index contributed by atoms with van der Waals surface area (Å²) in [6, 6.07) is 1.36. The molecule has 1 aromatic heterocycles. The van der Waals surface area contributed by atoms with Crippen LogP contribution in [0.3, 0.4) is 0 Å². The molecule has 1 saturated heterocycles. The van der Waals surface area contributed by atoms with Gasteiger partial charge < -0.3 is 0 Å². The summed E-state index contributed by atoms with van der Waals surface area (Å²) in [5.74, 6) is -0.756. The number of hydrogen-bond acceptors (Lipinski definition) is 4. The average Bonchev–Trinajstić information content (AvgIpc) is 2.68. The molecule has 5 nitrogen and oxygen atoms in total. The summed E-state index contributed by atoms with van der Waals surface area (Å²) < 4.78 is 0. The van der Waals surface area contributed by atoms with Crippen LogP contribution in [-0.2, 0) is 16.1 Å². The van der Waals surface area contributed by atoms with E-state index in [9.17, 15) is 14.4 Å². The standard InChI is InChI=1S/C13H14N2O3S/c1-8-3-6-19-9(8)7-15-11(17)13(4-2-5-13)10(16)14-12(15)18/h3,6H,2,4-5,7H2,1H3,(H,14,16,18). The highest BCUT2D eigenvalue weighted by Gasteiger charge is 2.57. The number of nitrogens with one attached hydrogen (secondary N) is 1. The normalized spacial score (nSPS) is 21.5. The van der Waals surface area contributed by atoms with E-state index in [4.69, 9.17) is 0 Å². The van der Waals surface area contributed by atoms with Crippen molar-refractivity contribution in [1.29, 1.82) is 0 Å². The summed E-state index contributed by atoms with van der Waals surface area (Å²) in [7, 11) is 0. The molecular weight excluding hydrogens is 264 g/mol. The van der Waals surface area contributed by atoms with Crippen LogP contribution in [0.25, 0.3) is 0 Å². The zero-order valence-electron chi connectivity index (χ0n) is 10.6. The highest BCUT2D eigenvalue weighted by atomic mass is 32.1. The van der Waals surface area contributed by atoms with Crippen molar-refractivity contribution in [2.45, 2.75) is 32.7 Å². The molecule has 0 radical (unpaired) electrons. The minimum absolute atomic E-state index is 0.253. The number of imide groups is 2. The summed E-state index contributed by atoms with van der Waals surface area (Å²) >= 11 is 1.52. The van der Waals surface area contributed by atoms with Crippen molar-refractivity contribution in [3.05, 3.63) is 21.9 Å². The number of amides is 4. The molecule has 1 N–H and O–H groups in total. The molecule has 3 rings (SSSR count). The number of thiophene rings is 1. The first-order valence-electron chi connectivity index (χ1n) is 6.25. The van der Waals surface area contributed by atoms with Crippen LogP contribution in [-0.4, -0.2) is 22.7 Å². The number of rotatable bonds is 2. The molecule has 1 saturated carbocycles. The maximum absolute atomic E-state index is 12.4. The van der Waals surface area contributed by atoms with Crippen LogP contribution in [0.5, 0.6) is 0 Å². The highest BCUT2D eigenvalue weighted by molar-refractivity contribution is 7.10. The zero-order valence-corrected chi connectivity index (χ0v) is 11.4. The van der Waals surface area contributed by atoms with Crippen molar-refractivity contribution in [1.82, 2.24) is 10.2 Å². The Morgan fingerprint density at radius 3 is 2.63 bits per heavy atom. The summed E-state index contributed by atoms with van der Waals surface area (Å²) in [4.78, 5) is 38.3. The Morgan fingerprint density at radius 2 is 2.11 bits per heavy atom. The molecule has 0 unspecified atom stereocenters. The molecule has 100 valence electrons. The lowest BCUT2D eigenvalue weighted by atomic mass is 9.66. The van der Waals surface area contributed by atoms with Gasteiger partial charge in [0.05, 0.1) is 6.54 Å². The van der Waals surface area contributed by atoms with E-state index in [1.165, 1.54) is 16.2 Å². The van der Waals surface area contributed by atoms with Gasteiger partial charge in [-0.15, -0.1) is 11.3 Å². The number of hydrogen-bond donors (Lipinski definition) is 1. The fourth-order valence-corrected chi connectivity index (χ4v) is 3.45. The Hall–Kier alpha value is -1.69. The van der Waals surface area contributed by atoms with Gasteiger partial charge in [-0.3, -0.25) is 19.8 Å². The van der Waals surface area contributed by atoms with Crippen molar-refractivity contribution in [3.63, 3.8) is 0 Å². The lowest BCUT2D eigenvalue weighted by molar-refractivity contribution is -0.158. The van der Waals surface area contributed by atoms with Crippen molar-refractivity contribution < 1.29 is 14.4 Å². The Morgan fingerprint density at radius 1 is 1.37 bits per heavy atom. The molecule has 1 spiro atoms. The first-order chi connectivity index (χ1) is 9.04. The smallest absolute Gasteiger partial charge is 0.277 e. The molecule has 1 aliphatic heterocycles. The van der Waals surface area contributed by atoms with E-state index in [-0.39, 0.29) is 12.5 Å². The van der Waals surface area contributed by atoms with E-state index in [1.54, 1.807) is 0 Å². The third-order valence-corrected chi connectivity index (χ3v) is 5.04. The van der Waals surface area contributed by atoms with Gasteiger partial charge in [0.1, 0.15) is 5.41 Å². The largest absolute Gasteiger partial charge is 0.331 e. The van der Waals surface area contributed by atoms with Crippen molar-refractivity contribution in [2.24, 2.45) is 5.41 Å². The van der Waals surface area contributed by atoms with Gasteiger partial charge in [0.2, 0.25) is 11.8 Å². The first-order valence-corrected chi connectivity index (χ1v) is 7.13. The number of nitrogens with zero attached hydrogens (tertiary/aromatic N) is 1. The third kappa shape index (κ3) is 1.70. The average molecular weight is 278 g/mol. The van der Waals surface area contributed by atoms with Crippen LogP contribution < -0.4 is 5.32 Å². The van der Waals surface area contributed by atoms with Crippen LogP contribution in [0.15, 0.2) is 11.4 Å². The van der Waals surface area contributed by atoms with Crippen LogP contribution in [0.2, 0.25) is 0 Å². The van der Waals surface area contributed by atoms with Crippen molar-refractivity contribution >= 4 is 29.2 Å². The molecule has 6 heteroatoms. The van der Waals surface area contributed by atoms with Crippen LogP contribution >= 0.6 is 11.3 Å². The second kappa shape index (κ2) is 4.16. The summed E-state index contributed by atoms with van der Waals surface area (Å²) in [6.07, 6.45) is 1.95. The summed E-state index contributed by atoms with van der Waals surface area (Å²) in [5, 5.41) is 4.25. The highest BCUT2D eigenvalue weighted by Crippen LogP contribution is 2.44. The summed E-state index contributed by atoms with van der Waals surface area (Å²) in [6.45, 7) is 2.20. The number of carbonyl (C=O) groups excluding carboxylic acids is 3. The number of aryl methyl sites for hydroxylation is 1. The quantitative estimate of drug-likeness (QED) is 0.839. The fourth-order valence-electron chi connectivity index (χ4n) is 2.56. The van der Waals surface area contributed by atoms with Gasteiger partial charge in [-0.25, -0.2) is 4.79 Å². The minimum Gasteiger partial charge on any atom is -0.277 e. The Kier molecular flexibility index (Phi) is 2.70. The lowest BCUT2D eigenvalue weighted by Gasteiger charge is -2.44. The van der Waals surface area contributed by atoms with Crippen molar-refractivity contribution in [2.75, 3.05) is 0 Å². The van der Waals surface area contributed by atoms with E-state index in [1.807, 2.05) is 18.4 Å². The van der Waals surface area contributed by atoms with E-state index in [2.05, 4.69) is 5.32 Å². The van der Waals surface area contributed by atoms with E-state index >= 15 is 0 Å². The van der Waals surface area contributed by atoms with Gasteiger partial charge in [-0.2, -0.15) is 0 Å². The van der Waals surface area contributed by atoms with Gasteiger partial charge in [-0.05, 0) is 36.8 Å². The van der Waals surface area contributed by atoms with E-state index in [0.29, 0.717) is 12.8 Å². The van der Waals surface area contributed by atoms with Gasteiger partial charge in [0, 0.05) is 4.88 Å². The van der Waals surface area contributed by atoms with E-state index < -0.39 is 17.4 Å². The Bertz CT molecular complexity index is 574. The Labute approximate surface area is 114 Å². The molecule has 1 aromatic rings. The molecule has 4 amide bonds. The van der Waals surface area contributed by atoms with Gasteiger partial charge in [-0.1, -0.05) is 6.42 Å². The van der Waals surface area contributed by atoms with Crippen molar-refractivity contribution in [3.8, 4) is 0 Å². The van der Waals surface area contributed by atoms with Crippen LogP contribution in [0, 0.1) is 12.3 Å². The first kappa shape index (κ1) is 12.3. The monoisotopic (exact) mass is 278 g/mol. The second-order valence-corrected chi connectivity index (χ2v) is 6.11. The maximum Gasteiger partial charge on any atom is 0.331 e. The lowest BCUT2D eigenvalue weighted by Crippen LogP contribution is -2.65. The minimum atomic E-state index is -0.973. The second-order valence-electron chi connectivity index (χ2n) is 5.11. The SMILES string of the molecule is Cc1ccsc1CN1C(=O)NC(=O)C2(CCC2)C1=O. The third-order valence-electron chi connectivity index (χ3n) is 4.03. The van der Waals surface area contributed by atoms with Crippen LogP contribution in [0.4, 0.5) is 4.79 Å². The molecule has 2 heterocycles. The van der Waals surface area contributed by atoms with E-state index in [0.717, 1.165) is 16.9 Å². The fraction of sp³-hybridized carbons (Fsp3) is 0.462. The summed E-state index contributed by atoms with van der Waals surface area (Å²) in [5.41, 5.74) is 0.0872. The molecule has 2 aliphatic rings. The predicted octanol–water partition coefficient (Wildman–Crippen LogP) is 1.81. The molecular formula is C13H14N2O3S. The Balaban J connectivity index is 1.88. The zero-order chi connectivity index (χ0) is 13.6. The van der Waals surface area contributed by atoms with Gasteiger partial charge >= 0.3 is 6.03 Å². The maximum atomic E-state index is 12.4. The number of barbiturate groups is 1. The van der Waals surface area contributed by atoms with Gasteiger partial charge in [0.25, 0.3) is 0 Å². The molecule has 2 fully saturated rings. The molecule has 1 aliphatic carbocycles. The molecule has 0 atom stereocenters. The topological polar surface area (TPSA) is 66.5 Å². The van der Waals surface area contributed by atoms with Crippen LogP contribution in [0.1, 0.15) is 29.7 Å². The molecule has 0 bridgehead atoms. The van der Waals surface area contributed by atoms with Gasteiger partial charge in [0.15, 0.2) is 0 Å². The predicted molar refractivity (Wildman–Crippen MR) is 69.4 cm³/mol. The number of carbonyl (C=O) groups is 3. The number of urea groups is 1.